The molecule has 0 radical (unpaired) electrons. The van der Waals surface area contributed by atoms with Crippen LogP contribution in [0, 0.1) is 6.92 Å². The number of aliphatic hydroxyl groups is 1. The first kappa shape index (κ1) is 21.9. The van der Waals surface area contributed by atoms with Crippen molar-refractivity contribution in [2.75, 3.05) is 26.3 Å². The van der Waals surface area contributed by atoms with Crippen molar-refractivity contribution in [3.8, 4) is 5.75 Å². The number of piperidine rings is 1. The second-order valence-electron chi connectivity index (χ2n) is 8.39. The Kier molecular flexibility index (Phi) is 6.41. The number of carbonyl (C=O) groups excluding carboxylic acids is 2. The molecule has 1 spiro atoms. The molecular weight excluding hydrogens is 396 g/mol. The van der Waals surface area contributed by atoms with Crippen LogP contribution >= 0.6 is 11.6 Å². The maximum Gasteiger partial charge on any atom is 0.260 e. The average Bonchev–Trinajstić information content (AvgIpc) is 2.66. The van der Waals surface area contributed by atoms with Gasteiger partial charge in [0.2, 0.25) is 5.91 Å². The van der Waals surface area contributed by atoms with Crippen LogP contribution in [-0.4, -0.2) is 65.4 Å². The molecule has 0 saturated carbocycles. The molecule has 160 valence electrons. The zero-order chi connectivity index (χ0) is 21.2. The van der Waals surface area contributed by atoms with Gasteiger partial charge in [0.25, 0.3) is 5.91 Å². The van der Waals surface area contributed by atoms with E-state index in [0.717, 1.165) is 5.56 Å². The molecule has 2 heterocycles. The Morgan fingerprint density at radius 1 is 1.38 bits per heavy atom. The third kappa shape index (κ3) is 5.21. The number of aryl methyl sites for hydroxylation is 1. The molecule has 2 fully saturated rings. The number of nitrogens with one attached hydrogen (secondary N) is 1. The lowest BCUT2D eigenvalue weighted by Crippen LogP contribution is -2.64. The summed E-state index contributed by atoms with van der Waals surface area (Å²) in [5.74, 6) is 0.232. The van der Waals surface area contributed by atoms with E-state index < -0.39 is 11.2 Å². The Labute approximate surface area is 176 Å². The summed E-state index contributed by atoms with van der Waals surface area (Å²) in [5.41, 5.74) is -0.534. The van der Waals surface area contributed by atoms with Crippen molar-refractivity contribution in [3.63, 3.8) is 0 Å². The highest BCUT2D eigenvalue weighted by atomic mass is 35.5. The standard InChI is InChI=1S/C21H29ClN2O5/c1-14-4-5-16(22)17(10-14)28-12-19(26)24-8-6-21(7-9-24)11-18(23-15(2)25)20(3,27)13-29-21/h4-5,10,18,27H,6-9,11-13H2,1-3H3,(H,23,25)/t18-,20-/m0/s1. The normalized spacial score (nSPS) is 26.2. The Hall–Kier alpha value is -1.83. The molecule has 1 aromatic rings. The number of hydrogen-bond acceptors (Lipinski definition) is 5. The minimum Gasteiger partial charge on any atom is -0.482 e. The lowest BCUT2D eigenvalue weighted by Gasteiger charge is -2.50. The fourth-order valence-electron chi connectivity index (χ4n) is 3.97. The quantitative estimate of drug-likeness (QED) is 0.772. The van der Waals surface area contributed by atoms with Crippen LogP contribution in [0.2, 0.25) is 5.02 Å². The SMILES string of the molecule is CC(=O)N[C@H]1CC2(CCN(C(=O)COc3cc(C)ccc3Cl)CC2)OC[C@]1(C)O. The minimum atomic E-state index is -1.11. The van der Waals surface area contributed by atoms with Crippen molar-refractivity contribution in [1.29, 1.82) is 0 Å². The number of halogens is 1. The number of amides is 2. The van der Waals surface area contributed by atoms with E-state index in [9.17, 15) is 14.7 Å². The van der Waals surface area contributed by atoms with E-state index in [1.807, 2.05) is 19.1 Å². The molecule has 3 rings (SSSR count). The molecule has 2 aliphatic rings. The van der Waals surface area contributed by atoms with Crippen LogP contribution in [0.5, 0.6) is 5.75 Å². The largest absolute Gasteiger partial charge is 0.482 e. The number of nitrogens with zero attached hydrogens (tertiary/aromatic N) is 1. The summed E-state index contributed by atoms with van der Waals surface area (Å²) in [6.45, 7) is 6.22. The predicted octanol–water partition coefficient (Wildman–Crippen LogP) is 2.06. The topological polar surface area (TPSA) is 88.1 Å². The van der Waals surface area contributed by atoms with Gasteiger partial charge in [0.15, 0.2) is 6.61 Å². The van der Waals surface area contributed by atoms with E-state index in [1.165, 1.54) is 6.92 Å². The molecule has 1 aromatic carbocycles. The summed E-state index contributed by atoms with van der Waals surface area (Å²) < 4.78 is 11.7. The van der Waals surface area contributed by atoms with Crippen LogP contribution in [-0.2, 0) is 14.3 Å². The molecular formula is C21H29ClN2O5. The molecule has 2 N–H and O–H groups in total. The van der Waals surface area contributed by atoms with Crippen molar-refractivity contribution >= 4 is 23.4 Å². The first-order valence-corrected chi connectivity index (χ1v) is 10.3. The molecule has 8 heteroatoms. The molecule has 2 amide bonds. The minimum absolute atomic E-state index is 0.0692. The molecule has 2 atom stereocenters. The van der Waals surface area contributed by atoms with Gasteiger partial charge in [-0.25, -0.2) is 0 Å². The molecule has 7 nitrogen and oxygen atoms in total. The Morgan fingerprint density at radius 2 is 2.07 bits per heavy atom. The maximum atomic E-state index is 12.6. The molecule has 0 aliphatic carbocycles. The van der Waals surface area contributed by atoms with Crippen LogP contribution in [0.4, 0.5) is 0 Å². The van der Waals surface area contributed by atoms with E-state index in [2.05, 4.69) is 5.32 Å². The van der Waals surface area contributed by atoms with Gasteiger partial charge in [-0.1, -0.05) is 17.7 Å². The van der Waals surface area contributed by atoms with Gasteiger partial charge in [0.05, 0.1) is 23.3 Å². The monoisotopic (exact) mass is 424 g/mol. The maximum absolute atomic E-state index is 12.6. The molecule has 0 unspecified atom stereocenters. The Balaban J connectivity index is 1.55. The average molecular weight is 425 g/mol. The third-order valence-electron chi connectivity index (χ3n) is 5.84. The van der Waals surface area contributed by atoms with Crippen molar-refractivity contribution < 1.29 is 24.2 Å². The van der Waals surface area contributed by atoms with Gasteiger partial charge in [-0.2, -0.15) is 0 Å². The highest BCUT2D eigenvalue weighted by Gasteiger charge is 2.49. The summed E-state index contributed by atoms with van der Waals surface area (Å²) in [4.78, 5) is 25.8. The summed E-state index contributed by atoms with van der Waals surface area (Å²) in [5, 5.41) is 13.8. The summed E-state index contributed by atoms with van der Waals surface area (Å²) in [6.07, 6.45) is 1.82. The number of hydrogen-bond donors (Lipinski definition) is 2. The van der Waals surface area contributed by atoms with Crippen LogP contribution in [0.25, 0.3) is 0 Å². The summed E-state index contributed by atoms with van der Waals surface area (Å²) in [7, 11) is 0. The van der Waals surface area contributed by atoms with Gasteiger partial charge < -0.3 is 24.8 Å². The fourth-order valence-corrected chi connectivity index (χ4v) is 4.14. The fraction of sp³-hybridized carbons (Fsp3) is 0.619. The summed E-state index contributed by atoms with van der Waals surface area (Å²) in [6, 6.07) is 5.08. The Morgan fingerprint density at radius 3 is 2.72 bits per heavy atom. The first-order valence-electron chi connectivity index (χ1n) is 9.90. The third-order valence-corrected chi connectivity index (χ3v) is 6.15. The highest BCUT2D eigenvalue weighted by molar-refractivity contribution is 6.32. The van der Waals surface area contributed by atoms with E-state index in [4.69, 9.17) is 21.1 Å². The zero-order valence-electron chi connectivity index (χ0n) is 17.2. The smallest absolute Gasteiger partial charge is 0.260 e. The molecule has 29 heavy (non-hydrogen) atoms. The van der Waals surface area contributed by atoms with Crippen molar-refractivity contribution in [2.45, 2.75) is 57.3 Å². The van der Waals surface area contributed by atoms with Gasteiger partial charge in [-0.15, -0.1) is 0 Å². The predicted molar refractivity (Wildman–Crippen MR) is 109 cm³/mol. The van der Waals surface area contributed by atoms with Gasteiger partial charge in [-0.3, -0.25) is 9.59 Å². The Bertz CT molecular complexity index is 774. The van der Waals surface area contributed by atoms with E-state index in [1.54, 1.807) is 17.9 Å². The van der Waals surface area contributed by atoms with E-state index in [-0.39, 0.29) is 31.1 Å². The van der Waals surface area contributed by atoms with E-state index >= 15 is 0 Å². The van der Waals surface area contributed by atoms with Crippen LogP contribution in [0.3, 0.4) is 0 Å². The van der Waals surface area contributed by atoms with Crippen molar-refractivity contribution in [1.82, 2.24) is 10.2 Å². The van der Waals surface area contributed by atoms with E-state index in [0.29, 0.717) is 43.1 Å². The summed E-state index contributed by atoms with van der Waals surface area (Å²) >= 11 is 6.12. The number of ether oxygens (including phenoxy) is 2. The first-order chi connectivity index (χ1) is 13.6. The van der Waals surface area contributed by atoms with Gasteiger partial charge in [-0.05, 0) is 50.8 Å². The van der Waals surface area contributed by atoms with Gasteiger partial charge in [0, 0.05) is 20.0 Å². The second kappa shape index (κ2) is 8.50. The number of carbonyl (C=O) groups is 2. The molecule has 0 bridgehead atoms. The molecule has 0 aromatic heterocycles. The number of likely N-dealkylation sites (tertiary alicyclic amines) is 1. The van der Waals surface area contributed by atoms with Gasteiger partial charge >= 0.3 is 0 Å². The van der Waals surface area contributed by atoms with Gasteiger partial charge in [0.1, 0.15) is 11.4 Å². The van der Waals surface area contributed by atoms with Crippen molar-refractivity contribution in [3.05, 3.63) is 28.8 Å². The molecule has 2 saturated heterocycles. The lowest BCUT2D eigenvalue weighted by molar-refractivity contribution is -0.194. The van der Waals surface area contributed by atoms with Crippen LogP contribution in [0.15, 0.2) is 18.2 Å². The molecule has 2 aliphatic heterocycles. The van der Waals surface area contributed by atoms with Crippen molar-refractivity contribution in [2.24, 2.45) is 0 Å². The van der Waals surface area contributed by atoms with Crippen LogP contribution in [0.1, 0.15) is 38.7 Å². The van der Waals surface area contributed by atoms with Crippen LogP contribution < -0.4 is 10.1 Å². The zero-order valence-corrected chi connectivity index (χ0v) is 17.9. The lowest BCUT2D eigenvalue weighted by atomic mass is 9.77. The number of benzene rings is 1. The second-order valence-corrected chi connectivity index (χ2v) is 8.80. The number of rotatable bonds is 4. The highest BCUT2D eigenvalue weighted by Crippen LogP contribution is 2.38.